The van der Waals surface area contributed by atoms with E-state index in [4.69, 9.17) is 4.74 Å². The summed E-state index contributed by atoms with van der Waals surface area (Å²) < 4.78 is 5.33. The summed E-state index contributed by atoms with van der Waals surface area (Å²) in [4.78, 5) is 0. The van der Waals surface area contributed by atoms with Crippen LogP contribution in [0.25, 0.3) is 0 Å². The van der Waals surface area contributed by atoms with Gasteiger partial charge in [0.25, 0.3) is 0 Å². The number of aryl methyl sites for hydroxylation is 1. The number of rotatable bonds is 6. The van der Waals surface area contributed by atoms with Crippen LogP contribution in [-0.2, 0) is 11.2 Å². The van der Waals surface area contributed by atoms with Crippen LogP contribution < -0.4 is 5.32 Å². The standard InChI is InChI=1S/C16H27NO/c1-13-7-6-8-14(9-13)10-15(12-18-5)11-17-16(2,3)4/h6-9,15,17H,10-12H2,1-5H3. The molecule has 102 valence electrons. The minimum Gasteiger partial charge on any atom is -0.384 e. The largest absolute Gasteiger partial charge is 0.384 e. The molecule has 0 amide bonds. The van der Waals surface area contributed by atoms with Crippen molar-refractivity contribution in [1.82, 2.24) is 5.32 Å². The second-order valence-electron chi connectivity index (χ2n) is 6.15. The maximum Gasteiger partial charge on any atom is 0.0505 e. The molecule has 0 bridgehead atoms. The van der Waals surface area contributed by atoms with Crippen LogP contribution in [-0.4, -0.2) is 25.8 Å². The summed E-state index contributed by atoms with van der Waals surface area (Å²) in [6, 6.07) is 8.74. The van der Waals surface area contributed by atoms with Gasteiger partial charge in [-0.05, 0) is 45.6 Å². The Hall–Kier alpha value is -0.860. The van der Waals surface area contributed by atoms with Crippen LogP contribution in [0.4, 0.5) is 0 Å². The predicted octanol–water partition coefficient (Wildman–Crippen LogP) is 3.19. The first kappa shape index (κ1) is 15.2. The van der Waals surface area contributed by atoms with Gasteiger partial charge >= 0.3 is 0 Å². The molecule has 0 saturated carbocycles. The highest BCUT2D eigenvalue weighted by Gasteiger charge is 2.14. The second kappa shape index (κ2) is 6.91. The van der Waals surface area contributed by atoms with E-state index in [1.54, 1.807) is 7.11 Å². The van der Waals surface area contributed by atoms with E-state index >= 15 is 0 Å². The number of methoxy groups -OCH3 is 1. The quantitative estimate of drug-likeness (QED) is 0.836. The Balaban J connectivity index is 2.57. The minimum absolute atomic E-state index is 0.165. The molecule has 0 saturated heterocycles. The SMILES string of the molecule is COCC(CNC(C)(C)C)Cc1cccc(C)c1. The lowest BCUT2D eigenvalue weighted by atomic mass is 9.97. The highest BCUT2D eigenvalue weighted by atomic mass is 16.5. The summed E-state index contributed by atoms with van der Waals surface area (Å²) in [5.74, 6) is 0.524. The molecule has 0 aliphatic heterocycles. The fourth-order valence-corrected chi connectivity index (χ4v) is 2.05. The summed E-state index contributed by atoms with van der Waals surface area (Å²) in [5, 5.41) is 3.56. The second-order valence-corrected chi connectivity index (χ2v) is 6.15. The van der Waals surface area contributed by atoms with E-state index in [1.165, 1.54) is 11.1 Å². The van der Waals surface area contributed by atoms with E-state index in [0.29, 0.717) is 5.92 Å². The van der Waals surface area contributed by atoms with Gasteiger partial charge in [0.05, 0.1) is 6.61 Å². The molecule has 1 aromatic carbocycles. The molecule has 1 unspecified atom stereocenters. The Morgan fingerprint density at radius 3 is 2.56 bits per heavy atom. The Morgan fingerprint density at radius 2 is 2.00 bits per heavy atom. The molecule has 2 heteroatoms. The van der Waals surface area contributed by atoms with Crippen LogP contribution in [0.1, 0.15) is 31.9 Å². The number of benzene rings is 1. The zero-order valence-electron chi connectivity index (χ0n) is 12.4. The van der Waals surface area contributed by atoms with Crippen molar-refractivity contribution in [2.45, 2.75) is 39.7 Å². The van der Waals surface area contributed by atoms with E-state index in [1.807, 2.05) is 0 Å². The van der Waals surface area contributed by atoms with Gasteiger partial charge in [-0.2, -0.15) is 0 Å². The lowest BCUT2D eigenvalue weighted by Crippen LogP contribution is -2.40. The van der Waals surface area contributed by atoms with Crippen molar-refractivity contribution in [3.63, 3.8) is 0 Å². The summed E-state index contributed by atoms with van der Waals surface area (Å²) in [6.07, 6.45) is 1.07. The van der Waals surface area contributed by atoms with Crippen molar-refractivity contribution in [3.8, 4) is 0 Å². The third-order valence-corrected chi connectivity index (χ3v) is 2.93. The van der Waals surface area contributed by atoms with Gasteiger partial charge in [-0.25, -0.2) is 0 Å². The van der Waals surface area contributed by atoms with E-state index < -0.39 is 0 Å². The molecule has 0 radical (unpaired) electrons. The Morgan fingerprint density at radius 1 is 1.28 bits per heavy atom. The highest BCUT2D eigenvalue weighted by Crippen LogP contribution is 2.12. The predicted molar refractivity (Wildman–Crippen MR) is 78.0 cm³/mol. The molecule has 18 heavy (non-hydrogen) atoms. The van der Waals surface area contributed by atoms with Crippen molar-refractivity contribution >= 4 is 0 Å². The van der Waals surface area contributed by atoms with E-state index in [0.717, 1.165) is 19.6 Å². The van der Waals surface area contributed by atoms with Gasteiger partial charge in [-0.15, -0.1) is 0 Å². The van der Waals surface area contributed by atoms with Gasteiger partial charge in [-0.3, -0.25) is 0 Å². The van der Waals surface area contributed by atoms with Gasteiger partial charge in [0.15, 0.2) is 0 Å². The molecule has 0 fully saturated rings. The van der Waals surface area contributed by atoms with Gasteiger partial charge < -0.3 is 10.1 Å². The molecule has 0 aliphatic carbocycles. The molecule has 1 rings (SSSR count). The van der Waals surface area contributed by atoms with Gasteiger partial charge in [0.1, 0.15) is 0 Å². The fourth-order valence-electron chi connectivity index (χ4n) is 2.05. The van der Waals surface area contributed by atoms with Crippen LogP contribution in [0.5, 0.6) is 0 Å². The zero-order chi connectivity index (χ0) is 13.6. The smallest absolute Gasteiger partial charge is 0.0505 e. The first-order valence-electron chi connectivity index (χ1n) is 6.70. The lowest BCUT2D eigenvalue weighted by molar-refractivity contribution is 0.146. The highest BCUT2D eigenvalue weighted by molar-refractivity contribution is 5.22. The van der Waals surface area contributed by atoms with E-state index in [2.05, 4.69) is 57.3 Å². The number of ether oxygens (including phenoxy) is 1. The van der Waals surface area contributed by atoms with Crippen molar-refractivity contribution in [2.75, 3.05) is 20.3 Å². The van der Waals surface area contributed by atoms with Crippen LogP contribution in [0.3, 0.4) is 0 Å². The lowest BCUT2D eigenvalue weighted by Gasteiger charge is -2.25. The maximum absolute atomic E-state index is 5.33. The number of nitrogens with one attached hydrogen (secondary N) is 1. The van der Waals surface area contributed by atoms with Crippen molar-refractivity contribution in [2.24, 2.45) is 5.92 Å². The van der Waals surface area contributed by atoms with E-state index in [-0.39, 0.29) is 5.54 Å². The Kier molecular flexibility index (Phi) is 5.83. The zero-order valence-corrected chi connectivity index (χ0v) is 12.4. The topological polar surface area (TPSA) is 21.3 Å². The normalized spacial score (nSPS) is 13.6. The summed E-state index contributed by atoms with van der Waals surface area (Å²) >= 11 is 0. The molecule has 2 nitrogen and oxygen atoms in total. The van der Waals surface area contributed by atoms with Gasteiger partial charge in [0, 0.05) is 19.2 Å². The van der Waals surface area contributed by atoms with Gasteiger partial charge in [-0.1, -0.05) is 29.8 Å². The molecule has 0 aliphatic rings. The monoisotopic (exact) mass is 249 g/mol. The molecule has 0 aromatic heterocycles. The molecule has 0 spiro atoms. The first-order valence-corrected chi connectivity index (χ1v) is 6.70. The maximum atomic E-state index is 5.33. The number of hydrogen-bond donors (Lipinski definition) is 1. The average Bonchev–Trinajstić information content (AvgIpc) is 2.25. The van der Waals surface area contributed by atoms with Crippen molar-refractivity contribution < 1.29 is 4.74 Å². The molecular formula is C16H27NO. The molecule has 0 heterocycles. The molecule has 1 aromatic rings. The molecule has 1 atom stereocenters. The summed E-state index contributed by atoms with van der Waals surface area (Å²) in [5.41, 5.74) is 2.89. The van der Waals surface area contributed by atoms with Crippen LogP contribution >= 0.6 is 0 Å². The van der Waals surface area contributed by atoms with Crippen LogP contribution in [0.2, 0.25) is 0 Å². The molecule has 1 N–H and O–H groups in total. The third kappa shape index (κ3) is 6.18. The number of hydrogen-bond acceptors (Lipinski definition) is 2. The van der Waals surface area contributed by atoms with Crippen LogP contribution in [0.15, 0.2) is 24.3 Å². The van der Waals surface area contributed by atoms with Crippen molar-refractivity contribution in [1.29, 1.82) is 0 Å². The van der Waals surface area contributed by atoms with Gasteiger partial charge in [0.2, 0.25) is 0 Å². The first-order chi connectivity index (χ1) is 8.40. The minimum atomic E-state index is 0.165. The summed E-state index contributed by atoms with van der Waals surface area (Å²) in [6.45, 7) is 10.5. The third-order valence-electron chi connectivity index (χ3n) is 2.93. The van der Waals surface area contributed by atoms with Crippen LogP contribution in [0, 0.1) is 12.8 Å². The summed E-state index contributed by atoms with van der Waals surface area (Å²) in [7, 11) is 1.78. The Labute approximate surface area is 112 Å². The van der Waals surface area contributed by atoms with E-state index in [9.17, 15) is 0 Å². The average molecular weight is 249 g/mol. The van der Waals surface area contributed by atoms with Crippen molar-refractivity contribution in [3.05, 3.63) is 35.4 Å². The Bertz CT molecular complexity index is 354. The fraction of sp³-hybridized carbons (Fsp3) is 0.625. The molecular weight excluding hydrogens is 222 g/mol.